The van der Waals surface area contributed by atoms with Crippen molar-refractivity contribution in [3.63, 3.8) is 0 Å². The van der Waals surface area contributed by atoms with Gasteiger partial charge in [0, 0.05) is 16.8 Å². The maximum atomic E-state index is 12.3. The van der Waals surface area contributed by atoms with Crippen molar-refractivity contribution in [2.45, 2.75) is 6.17 Å². The molecule has 1 aromatic heterocycles. The molecule has 1 aliphatic rings. The highest BCUT2D eigenvalue weighted by atomic mass is 16.5. The SMILES string of the molecule is COc1cccc(-c2[nH]ncc2[C@H]2NC(=O)c3ccccc3N2)c1. The lowest BCUT2D eigenvalue weighted by molar-refractivity contribution is 0.0936. The number of H-pyrrole nitrogens is 1. The van der Waals surface area contributed by atoms with Crippen LogP contribution in [0.5, 0.6) is 5.75 Å². The van der Waals surface area contributed by atoms with E-state index in [4.69, 9.17) is 4.74 Å². The molecule has 6 nitrogen and oxygen atoms in total. The van der Waals surface area contributed by atoms with Gasteiger partial charge in [0.15, 0.2) is 0 Å². The highest BCUT2D eigenvalue weighted by molar-refractivity contribution is 6.01. The molecule has 0 radical (unpaired) electrons. The number of fused-ring (bicyclic) bond motifs is 1. The van der Waals surface area contributed by atoms with Crippen molar-refractivity contribution in [1.29, 1.82) is 0 Å². The molecule has 0 fully saturated rings. The third-order valence-corrected chi connectivity index (χ3v) is 4.09. The predicted molar refractivity (Wildman–Crippen MR) is 90.8 cm³/mol. The Bertz CT molecular complexity index is 903. The molecule has 0 bridgehead atoms. The smallest absolute Gasteiger partial charge is 0.255 e. The van der Waals surface area contributed by atoms with Gasteiger partial charge in [0.05, 0.1) is 24.6 Å². The Hall–Kier alpha value is -3.28. The molecule has 0 aliphatic carbocycles. The van der Waals surface area contributed by atoms with E-state index < -0.39 is 0 Å². The zero-order valence-electron chi connectivity index (χ0n) is 13.0. The van der Waals surface area contributed by atoms with E-state index in [-0.39, 0.29) is 12.1 Å². The van der Waals surface area contributed by atoms with Gasteiger partial charge in [-0.3, -0.25) is 9.89 Å². The molecule has 0 unspecified atom stereocenters. The zero-order chi connectivity index (χ0) is 16.5. The van der Waals surface area contributed by atoms with Gasteiger partial charge in [0.25, 0.3) is 5.91 Å². The number of anilines is 1. The average Bonchev–Trinajstić information content (AvgIpc) is 3.11. The molecule has 3 N–H and O–H groups in total. The number of aromatic nitrogens is 2. The summed E-state index contributed by atoms with van der Waals surface area (Å²) in [5, 5.41) is 13.5. The van der Waals surface area contributed by atoms with Gasteiger partial charge in [-0.2, -0.15) is 5.10 Å². The molecule has 2 heterocycles. The van der Waals surface area contributed by atoms with Gasteiger partial charge >= 0.3 is 0 Å². The number of nitrogens with zero attached hydrogens (tertiary/aromatic N) is 1. The molecule has 1 aliphatic heterocycles. The third kappa shape index (κ3) is 2.38. The molecular weight excluding hydrogens is 304 g/mol. The number of benzene rings is 2. The molecular formula is C18H16N4O2. The number of carbonyl (C=O) groups is 1. The summed E-state index contributed by atoms with van der Waals surface area (Å²) < 4.78 is 5.28. The second-order valence-electron chi connectivity index (χ2n) is 5.53. The standard InChI is InChI=1S/C18H16N4O2/c1-24-12-6-4-5-11(9-12)16-14(10-19-22-16)17-20-15-8-3-2-7-13(15)18(23)21-17/h2-10,17,20H,1H3,(H,19,22)(H,21,23)/t17-/m1/s1. The number of amides is 1. The minimum Gasteiger partial charge on any atom is -0.497 e. The lowest BCUT2D eigenvalue weighted by atomic mass is 10.0. The zero-order valence-corrected chi connectivity index (χ0v) is 13.0. The predicted octanol–water partition coefficient (Wildman–Crippen LogP) is 2.94. The van der Waals surface area contributed by atoms with Crippen LogP contribution in [0.25, 0.3) is 11.3 Å². The van der Waals surface area contributed by atoms with Crippen LogP contribution in [-0.2, 0) is 0 Å². The number of nitrogens with one attached hydrogen (secondary N) is 3. The monoisotopic (exact) mass is 320 g/mol. The van der Waals surface area contributed by atoms with Crippen LogP contribution in [0.3, 0.4) is 0 Å². The first-order valence-electron chi connectivity index (χ1n) is 7.60. The second-order valence-corrected chi connectivity index (χ2v) is 5.53. The lowest BCUT2D eigenvalue weighted by Crippen LogP contribution is -2.38. The Morgan fingerprint density at radius 2 is 1.96 bits per heavy atom. The number of hydrogen-bond donors (Lipinski definition) is 3. The van der Waals surface area contributed by atoms with Crippen LogP contribution in [0.4, 0.5) is 5.69 Å². The van der Waals surface area contributed by atoms with E-state index in [2.05, 4.69) is 20.8 Å². The van der Waals surface area contributed by atoms with E-state index in [1.165, 1.54) is 0 Å². The number of carbonyl (C=O) groups excluding carboxylic acids is 1. The molecule has 24 heavy (non-hydrogen) atoms. The molecule has 1 atom stereocenters. The Labute approximate surface area is 138 Å². The summed E-state index contributed by atoms with van der Waals surface area (Å²) in [6.07, 6.45) is 1.37. The first-order chi connectivity index (χ1) is 11.8. The molecule has 0 saturated heterocycles. The van der Waals surface area contributed by atoms with E-state index in [1.807, 2.05) is 42.5 Å². The van der Waals surface area contributed by atoms with Crippen molar-refractivity contribution in [3.8, 4) is 17.0 Å². The van der Waals surface area contributed by atoms with Gasteiger partial charge in [-0.1, -0.05) is 24.3 Å². The molecule has 4 rings (SSSR count). The Balaban J connectivity index is 1.72. The first-order valence-corrected chi connectivity index (χ1v) is 7.60. The van der Waals surface area contributed by atoms with E-state index in [0.29, 0.717) is 5.56 Å². The molecule has 2 aromatic carbocycles. The van der Waals surface area contributed by atoms with Crippen molar-refractivity contribution >= 4 is 11.6 Å². The van der Waals surface area contributed by atoms with Gasteiger partial charge < -0.3 is 15.4 Å². The summed E-state index contributed by atoms with van der Waals surface area (Å²) >= 11 is 0. The van der Waals surface area contributed by atoms with Gasteiger partial charge in [0.2, 0.25) is 0 Å². The van der Waals surface area contributed by atoms with Crippen LogP contribution in [0, 0.1) is 0 Å². The Kier molecular flexibility index (Phi) is 3.42. The normalized spacial score (nSPS) is 16.0. The maximum absolute atomic E-state index is 12.3. The number of aromatic amines is 1. The van der Waals surface area contributed by atoms with Crippen molar-refractivity contribution < 1.29 is 9.53 Å². The van der Waals surface area contributed by atoms with Gasteiger partial charge in [-0.25, -0.2) is 0 Å². The molecule has 0 saturated carbocycles. The largest absolute Gasteiger partial charge is 0.497 e. The van der Waals surface area contributed by atoms with Crippen molar-refractivity contribution in [2.75, 3.05) is 12.4 Å². The molecule has 1 amide bonds. The lowest BCUT2D eigenvalue weighted by Gasteiger charge is -2.27. The summed E-state index contributed by atoms with van der Waals surface area (Å²) in [4.78, 5) is 12.3. The fraction of sp³-hybridized carbons (Fsp3) is 0.111. The number of para-hydroxylation sites is 1. The van der Waals surface area contributed by atoms with Crippen LogP contribution >= 0.6 is 0 Å². The van der Waals surface area contributed by atoms with Crippen LogP contribution in [0.15, 0.2) is 54.7 Å². The summed E-state index contributed by atoms with van der Waals surface area (Å²) in [7, 11) is 1.63. The summed E-state index contributed by atoms with van der Waals surface area (Å²) in [5.74, 6) is 0.658. The minimum absolute atomic E-state index is 0.104. The number of rotatable bonds is 3. The Morgan fingerprint density at radius 1 is 1.08 bits per heavy atom. The third-order valence-electron chi connectivity index (χ3n) is 4.09. The molecule has 3 aromatic rings. The first kappa shape index (κ1) is 14.3. The van der Waals surface area contributed by atoms with Crippen LogP contribution in [0.2, 0.25) is 0 Å². The van der Waals surface area contributed by atoms with E-state index >= 15 is 0 Å². The summed E-state index contributed by atoms with van der Waals surface area (Å²) in [6.45, 7) is 0. The topological polar surface area (TPSA) is 79.0 Å². The van der Waals surface area contributed by atoms with E-state index in [9.17, 15) is 4.79 Å². The summed E-state index contributed by atoms with van der Waals surface area (Å²) in [6, 6.07) is 15.1. The van der Waals surface area contributed by atoms with E-state index in [1.54, 1.807) is 19.4 Å². The quantitative estimate of drug-likeness (QED) is 0.693. The summed E-state index contributed by atoms with van der Waals surface area (Å²) in [5.41, 5.74) is 4.10. The molecule has 0 spiro atoms. The average molecular weight is 320 g/mol. The van der Waals surface area contributed by atoms with Crippen molar-refractivity contribution in [3.05, 3.63) is 65.9 Å². The maximum Gasteiger partial charge on any atom is 0.255 e. The van der Waals surface area contributed by atoms with Crippen LogP contribution < -0.4 is 15.4 Å². The van der Waals surface area contributed by atoms with Gasteiger partial charge in [0.1, 0.15) is 11.9 Å². The number of hydrogen-bond acceptors (Lipinski definition) is 4. The van der Waals surface area contributed by atoms with Crippen molar-refractivity contribution in [1.82, 2.24) is 15.5 Å². The van der Waals surface area contributed by atoms with Gasteiger partial charge in [-0.15, -0.1) is 0 Å². The van der Waals surface area contributed by atoms with E-state index in [0.717, 1.165) is 28.3 Å². The fourth-order valence-corrected chi connectivity index (χ4v) is 2.89. The highest BCUT2D eigenvalue weighted by Crippen LogP contribution is 2.32. The van der Waals surface area contributed by atoms with Crippen LogP contribution in [0.1, 0.15) is 22.1 Å². The Morgan fingerprint density at radius 3 is 2.83 bits per heavy atom. The number of ether oxygens (including phenoxy) is 1. The van der Waals surface area contributed by atoms with Gasteiger partial charge in [-0.05, 0) is 24.3 Å². The molecule has 6 heteroatoms. The van der Waals surface area contributed by atoms with Crippen LogP contribution in [-0.4, -0.2) is 23.2 Å². The fourth-order valence-electron chi connectivity index (χ4n) is 2.89. The molecule has 120 valence electrons. The number of methoxy groups -OCH3 is 1. The van der Waals surface area contributed by atoms with Crippen molar-refractivity contribution in [2.24, 2.45) is 0 Å². The minimum atomic E-state index is -0.354. The highest BCUT2D eigenvalue weighted by Gasteiger charge is 2.27. The second kappa shape index (κ2) is 5.73.